The Kier molecular flexibility index (Phi) is 5.16. The number of nitrogens with one attached hydrogen (secondary N) is 1. The molecule has 2 aromatic rings. The fourth-order valence-electron chi connectivity index (χ4n) is 2.50. The maximum absolute atomic E-state index is 12.5. The second-order valence-corrected chi connectivity index (χ2v) is 5.52. The average molecular weight is 311 g/mol. The molecule has 0 spiro atoms. The molecule has 0 aliphatic heterocycles. The molecule has 2 aromatic carbocycles. The largest absolute Gasteiger partial charge is 0.496 e. The van der Waals surface area contributed by atoms with E-state index >= 15 is 0 Å². The summed E-state index contributed by atoms with van der Waals surface area (Å²) in [7, 11) is 1.51. The van der Waals surface area contributed by atoms with Crippen molar-refractivity contribution in [3.63, 3.8) is 0 Å². The maximum atomic E-state index is 12.5. The number of methoxy groups -OCH3 is 1. The van der Waals surface area contributed by atoms with Crippen LogP contribution >= 0.6 is 0 Å². The highest BCUT2D eigenvalue weighted by atomic mass is 16.5. The standard InChI is InChI=1S/C19H21NO3/c1-12-6-5-7-13(2)17(12)11-20-19(22)16-10-15(14(3)21)8-9-18(16)23-4/h5-10H,11H2,1-4H3,(H,20,22). The minimum atomic E-state index is -0.257. The first-order chi connectivity index (χ1) is 10.9. The molecule has 0 aliphatic carbocycles. The number of carbonyl (C=O) groups is 2. The van der Waals surface area contributed by atoms with E-state index in [0.29, 0.717) is 23.4 Å². The average Bonchev–Trinajstić information content (AvgIpc) is 2.53. The van der Waals surface area contributed by atoms with Gasteiger partial charge < -0.3 is 10.1 Å². The predicted octanol–water partition coefficient (Wildman–Crippen LogP) is 3.44. The molecule has 120 valence electrons. The van der Waals surface area contributed by atoms with Gasteiger partial charge in [-0.2, -0.15) is 0 Å². The summed E-state index contributed by atoms with van der Waals surface area (Å²) in [5.41, 5.74) is 4.22. The zero-order chi connectivity index (χ0) is 17.0. The van der Waals surface area contributed by atoms with Gasteiger partial charge in [0.05, 0.1) is 12.7 Å². The Morgan fingerprint density at radius 3 is 2.30 bits per heavy atom. The second-order valence-electron chi connectivity index (χ2n) is 5.52. The van der Waals surface area contributed by atoms with Gasteiger partial charge in [0.25, 0.3) is 5.91 Å². The first-order valence-electron chi connectivity index (χ1n) is 7.46. The van der Waals surface area contributed by atoms with Crippen LogP contribution in [-0.2, 0) is 6.54 Å². The highest BCUT2D eigenvalue weighted by Crippen LogP contribution is 2.21. The molecule has 23 heavy (non-hydrogen) atoms. The molecule has 4 nitrogen and oxygen atoms in total. The molecule has 0 radical (unpaired) electrons. The first-order valence-corrected chi connectivity index (χ1v) is 7.46. The molecule has 1 N–H and O–H groups in total. The van der Waals surface area contributed by atoms with Gasteiger partial charge in [-0.05, 0) is 55.7 Å². The van der Waals surface area contributed by atoms with Gasteiger partial charge in [-0.3, -0.25) is 9.59 Å². The van der Waals surface area contributed by atoms with Crippen LogP contribution in [0.1, 0.15) is 44.3 Å². The third-order valence-corrected chi connectivity index (χ3v) is 3.92. The fourth-order valence-corrected chi connectivity index (χ4v) is 2.50. The molecule has 1 amide bonds. The van der Waals surface area contributed by atoms with Gasteiger partial charge in [-0.1, -0.05) is 18.2 Å². The highest BCUT2D eigenvalue weighted by molar-refractivity contribution is 6.01. The van der Waals surface area contributed by atoms with Gasteiger partial charge in [-0.15, -0.1) is 0 Å². The van der Waals surface area contributed by atoms with Crippen molar-refractivity contribution < 1.29 is 14.3 Å². The number of rotatable bonds is 5. The van der Waals surface area contributed by atoms with Crippen molar-refractivity contribution >= 4 is 11.7 Å². The number of hydrogen-bond donors (Lipinski definition) is 1. The zero-order valence-electron chi connectivity index (χ0n) is 13.9. The van der Waals surface area contributed by atoms with E-state index < -0.39 is 0 Å². The molecule has 0 unspecified atom stereocenters. The molecule has 0 aliphatic rings. The van der Waals surface area contributed by atoms with Crippen LogP contribution in [0.15, 0.2) is 36.4 Å². The van der Waals surface area contributed by atoms with Gasteiger partial charge in [0.2, 0.25) is 0 Å². The molecule has 4 heteroatoms. The van der Waals surface area contributed by atoms with Crippen LogP contribution in [0.2, 0.25) is 0 Å². The Bertz CT molecular complexity index is 730. The Hall–Kier alpha value is -2.62. The normalized spacial score (nSPS) is 10.3. The monoisotopic (exact) mass is 311 g/mol. The van der Waals surface area contributed by atoms with Crippen molar-refractivity contribution in [2.75, 3.05) is 7.11 Å². The van der Waals surface area contributed by atoms with Crippen molar-refractivity contribution in [2.24, 2.45) is 0 Å². The van der Waals surface area contributed by atoms with Gasteiger partial charge in [-0.25, -0.2) is 0 Å². The molecule has 0 heterocycles. The lowest BCUT2D eigenvalue weighted by Crippen LogP contribution is -2.24. The van der Waals surface area contributed by atoms with Crippen LogP contribution in [0.4, 0.5) is 0 Å². The molecular formula is C19H21NO3. The molecule has 0 aromatic heterocycles. The van der Waals surface area contributed by atoms with Crippen LogP contribution in [0, 0.1) is 13.8 Å². The van der Waals surface area contributed by atoms with E-state index in [1.165, 1.54) is 14.0 Å². The van der Waals surface area contributed by atoms with Gasteiger partial charge in [0.1, 0.15) is 5.75 Å². The van der Waals surface area contributed by atoms with Crippen molar-refractivity contribution in [3.8, 4) is 5.75 Å². The number of Topliss-reactive ketones (excluding diaryl/α,β-unsaturated/α-hetero) is 1. The first kappa shape index (κ1) is 16.7. The lowest BCUT2D eigenvalue weighted by molar-refractivity contribution is 0.0948. The van der Waals surface area contributed by atoms with E-state index in [2.05, 4.69) is 5.32 Å². The van der Waals surface area contributed by atoms with E-state index in [0.717, 1.165) is 16.7 Å². The summed E-state index contributed by atoms with van der Waals surface area (Å²) in [6.45, 7) is 5.95. The number of aryl methyl sites for hydroxylation is 2. The predicted molar refractivity (Wildman–Crippen MR) is 90.1 cm³/mol. The summed E-state index contributed by atoms with van der Waals surface area (Å²) in [6, 6.07) is 10.9. The van der Waals surface area contributed by atoms with Crippen molar-refractivity contribution in [1.82, 2.24) is 5.32 Å². The van der Waals surface area contributed by atoms with Gasteiger partial charge in [0.15, 0.2) is 5.78 Å². The minimum absolute atomic E-state index is 0.0866. The van der Waals surface area contributed by atoms with Crippen LogP contribution < -0.4 is 10.1 Å². The highest BCUT2D eigenvalue weighted by Gasteiger charge is 2.15. The summed E-state index contributed by atoms with van der Waals surface area (Å²) in [4.78, 5) is 24.0. The number of benzene rings is 2. The summed E-state index contributed by atoms with van der Waals surface area (Å²) in [5.74, 6) is 0.109. The van der Waals surface area contributed by atoms with Gasteiger partial charge in [0, 0.05) is 12.1 Å². The number of amides is 1. The van der Waals surface area contributed by atoms with E-state index in [1.54, 1.807) is 18.2 Å². The minimum Gasteiger partial charge on any atom is -0.496 e. The molecule has 0 saturated carbocycles. The Morgan fingerprint density at radius 1 is 1.09 bits per heavy atom. The summed E-state index contributed by atoms with van der Waals surface area (Å²) >= 11 is 0. The third-order valence-electron chi connectivity index (χ3n) is 3.92. The van der Waals surface area contributed by atoms with Crippen molar-refractivity contribution in [1.29, 1.82) is 0 Å². The van der Waals surface area contributed by atoms with Crippen LogP contribution in [-0.4, -0.2) is 18.8 Å². The topological polar surface area (TPSA) is 55.4 Å². The quantitative estimate of drug-likeness (QED) is 0.861. The molecule has 0 fully saturated rings. The van der Waals surface area contributed by atoms with Gasteiger partial charge >= 0.3 is 0 Å². The molecule has 0 saturated heterocycles. The lowest BCUT2D eigenvalue weighted by atomic mass is 10.0. The summed E-state index contributed by atoms with van der Waals surface area (Å²) in [6.07, 6.45) is 0. The van der Waals surface area contributed by atoms with Crippen LogP contribution in [0.25, 0.3) is 0 Å². The Labute approximate surface area is 136 Å². The summed E-state index contributed by atoms with van der Waals surface area (Å²) in [5, 5.41) is 2.91. The number of ketones is 1. The van der Waals surface area contributed by atoms with Crippen molar-refractivity contribution in [2.45, 2.75) is 27.3 Å². The number of carbonyl (C=O) groups excluding carboxylic acids is 2. The second kappa shape index (κ2) is 7.09. The molecule has 0 atom stereocenters. The van der Waals surface area contributed by atoms with E-state index in [9.17, 15) is 9.59 Å². The smallest absolute Gasteiger partial charge is 0.255 e. The van der Waals surface area contributed by atoms with Crippen LogP contribution in [0.5, 0.6) is 5.75 Å². The lowest BCUT2D eigenvalue weighted by Gasteiger charge is -2.13. The summed E-state index contributed by atoms with van der Waals surface area (Å²) < 4.78 is 5.23. The Balaban J connectivity index is 2.23. The van der Waals surface area contributed by atoms with Crippen LogP contribution in [0.3, 0.4) is 0 Å². The third kappa shape index (κ3) is 3.77. The van der Waals surface area contributed by atoms with E-state index in [-0.39, 0.29) is 11.7 Å². The van der Waals surface area contributed by atoms with E-state index in [4.69, 9.17) is 4.74 Å². The Morgan fingerprint density at radius 2 is 1.74 bits per heavy atom. The molecule has 2 rings (SSSR count). The number of ether oxygens (including phenoxy) is 1. The number of hydrogen-bond acceptors (Lipinski definition) is 3. The fraction of sp³-hybridized carbons (Fsp3) is 0.263. The zero-order valence-corrected chi connectivity index (χ0v) is 13.9. The molecule has 0 bridgehead atoms. The SMILES string of the molecule is COc1ccc(C(C)=O)cc1C(=O)NCc1c(C)cccc1C. The maximum Gasteiger partial charge on any atom is 0.255 e. The molecular weight excluding hydrogens is 290 g/mol. The van der Waals surface area contributed by atoms with Crippen molar-refractivity contribution in [3.05, 3.63) is 64.2 Å². The van der Waals surface area contributed by atoms with E-state index in [1.807, 2.05) is 32.0 Å².